The molecule has 0 saturated heterocycles. The minimum atomic E-state index is -0.150. The molecule has 1 atom stereocenters. The molecule has 1 aromatic heterocycles. The fourth-order valence-electron chi connectivity index (χ4n) is 2.52. The number of benzene rings is 1. The molecule has 5 nitrogen and oxygen atoms in total. The van der Waals surface area contributed by atoms with E-state index in [1.807, 2.05) is 51.1 Å². The van der Waals surface area contributed by atoms with Crippen LogP contribution in [-0.4, -0.2) is 22.2 Å². The fourth-order valence-corrected chi connectivity index (χ4v) is 2.52. The van der Waals surface area contributed by atoms with Crippen LogP contribution in [0.4, 0.5) is 0 Å². The number of rotatable bonds is 6. The fraction of sp³-hybridized carbons (Fsp3) is 0.444. The number of hydrogen-bond acceptors (Lipinski definition) is 3. The Bertz CT molecular complexity index is 672. The van der Waals surface area contributed by atoms with Gasteiger partial charge in [-0.15, -0.1) is 0 Å². The standard InChI is InChI=1S/C18H23N3O2/c1-11(2)23-15-8-6-13(7-9-15)12(3)19-18(22)17-10-16(20-21-17)14-4-5-14/h6-12,14H,4-5H2,1-3H3,(H,19,22)(H,20,21). The average Bonchev–Trinajstić information content (AvgIpc) is 3.24. The summed E-state index contributed by atoms with van der Waals surface area (Å²) in [6.07, 6.45) is 2.52. The SMILES string of the molecule is CC(C)Oc1ccc(C(C)NC(=O)c2cc(C3CC3)[nH]n2)cc1. The lowest BCUT2D eigenvalue weighted by Crippen LogP contribution is -2.26. The van der Waals surface area contributed by atoms with Crippen molar-refractivity contribution in [1.29, 1.82) is 0 Å². The highest BCUT2D eigenvalue weighted by molar-refractivity contribution is 5.92. The maximum atomic E-state index is 12.3. The Kier molecular flexibility index (Phi) is 4.37. The number of carbonyl (C=O) groups is 1. The number of amides is 1. The van der Waals surface area contributed by atoms with E-state index in [2.05, 4.69) is 15.5 Å². The normalized spacial score (nSPS) is 15.5. The first-order chi connectivity index (χ1) is 11.0. The van der Waals surface area contributed by atoms with Crippen LogP contribution in [0.25, 0.3) is 0 Å². The van der Waals surface area contributed by atoms with E-state index < -0.39 is 0 Å². The smallest absolute Gasteiger partial charge is 0.272 e. The van der Waals surface area contributed by atoms with E-state index in [9.17, 15) is 4.79 Å². The highest BCUT2D eigenvalue weighted by Crippen LogP contribution is 2.39. The summed E-state index contributed by atoms with van der Waals surface area (Å²) in [4.78, 5) is 12.3. The molecule has 0 bridgehead atoms. The third kappa shape index (κ3) is 3.92. The van der Waals surface area contributed by atoms with E-state index in [4.69, 9.17) is 4.74 Å². The molecule has 0 radical (unpaired) electrons. The Hall–Kier alpha value is -2.30. The zero-order chi connectivity index (χ0) is 16.4. The van der Waals surface area contributed by atoms with Crippen LogP contribution in [0, 0.1) is 0 Å². The summed E-state index contributed by atoms with van der Waals surface area (Å²) in [5, 5.41) is 10.1. The number of aromatic nitrogens is 2. The summed E-state index contributed by atoms with van der Waals surface area (Å²) in [7, 11) is 0. The molecule has 1 unspecified atom stereocenters. The minimum absolute atomic E-state index is 0.0864. The highest BCUT2D eigenvalue weighted by Gasteiger charge is 2.26. The van der Waals surface area contributed by atoms with Crippen LogP contribution in [-0.2, 0) is 0 Å². The van der Waals surface area contributed by atoms with Crippen molar-refractivity contribution in [1.82, 2.24) is 15.5 Å². The number of aromatic amines is 1. The first-order valence-electron chi connectivity index (χ1n) is 8.15. The van der Waals surface area contributed by atoms with E-state index in [0.717, 1.165) is 17.0 Å². The highest BCUT2D eigenvalue weighted by atomic mass is 16.5. The largest absolute Gasteiger partial charge is 0.491 e. The lowest BCUT2D eigenvalue weighted by molar-refractivity contribution is 0.0935. The first kappa shape index (κ1) is 15.6. The molecule has 1 heterocycles. The number of nitrogens with one attached hydrogen (secondary N) is 2. The van der Waals surface area contributed by atoms with Crippen LogP contribution in [0.2, 0.25) is 0 Å². The van der Waals surface area contributed by atoms with Gasteiger partial charge in [0.15, 0.2) is 0 Å². The van der Waals surface area contributed by atoms with Crippen LogP contribution in [0.5, 0.6) is 5.75 Å². The van der Waals surface area contributed by atoms with Gasteiger partial charge in [0.05, 0.1) is 12.1 Å². The van der Waals surface area contributed by atoms with Gasteiger partial charge in [-0.25, -0.2) is 0 Å². The summed E-state index contributed by atoms with van der Waals surface area (Å²) >= 11 is 0. The van der Waals surface area contributed by atoms with Crippen molar-refractivity contribution in [2.45, 2.75) is 51.7 Å². The van der Waals surface area contributed by atoms with Gasteiger partial charge in [0, 0.05) is 11.6 Å². The van der Waals surface area contributed by atoms with Gasteiger partial charge in [0.1, 0.15) is 11.4 Å². The van der Waals surface area contributed by atoms with E-state index in [-0.39, 0.29) is 18.1 Å². The molecule has 1 aliphatic carbocycles. The maximum absolute atomic E-state index is 12.3. The zero-order valence-corrected chi connectivity index (χ0v) is 13.8. The Morgan fingerprint density at radius 3 is 2.57 bits per heavy atom. The van der Waals surface area contributed by atoms with E-state index in [1.54, 1.807) is 0 Å². The van der Waals surface area contributed by atoms with E-state index >= 15 is 0 Å². The predicted octanol–water partition coefficient (Wildman–Crippen LogP) is 3.57. The van der Waals surface area contributed by atoms with Gasteiger partial charge in [-0.05, 0) is 57.4 Å². The van der Waals surface area contributed by atoms with E-state index in [0.29, 0.717) is 11.6 Å². The summed E-state index contributed by atoms with van der Waals surface area (Å²) in [5.41, 5.74) is 2.56. The van der Waals surface area contributed by atoms with Crippen molar-refractivity contribution in [2.75, 3.05) is 0 Å². The van der Waals surface area contributed by atoms with Gasteiger partial charge in [-0.2, -0.15) is 5.10 Å². The van der Waals surface area contributed by atoms with Gasteiger partial charge in [-0.1, -0.05) is 12.1 Å². The maximum Gasteiger partial charge on any atom is 0.272 e. The van der Waals surface area contributed by atoms with Gasteiger partial charge in [0.25, 0.3) is 5.91 Å². The Morgan fingerprint density at radius 2 is 1.96 bits per heavy atom. The second kappa shape index (κ2) is 6.44. The molecule has 1 aromatic carbocycles. The Morgan fingerprint density at radius 1 is 1.26 bits per heavy atom. The second-order valence-corrected chi connectivity index (χ2v) is 6.41. The minimum Gasteiger partial charge on any atom is -0.491 e. The number of hydrogen-bond donors (Lipinski definition) is 2. The molecule has 1 fully saturated rings. The molecule has 0 spiro atoms. The van der Waals surface area contributed by atoms with Crippen LogP contribution >= 0.6 is 0 Å². The Balaban J connectivity index is 1.60. The molecule has 23 heavy (non-hydrogen) atoms. The van der Waals surface area contributed by atoms with Gasteiger partial charge < -0.3 is 10.1 Å². The van der Waals surface area contributed by atoms with Crippen molar-refractivity contribution in [3.8, 4) is 5.75 Å². The van der Waals surface area contributed by atoms with Crippen molar-refractivity contribution in [3.63, 3.8) is 0 Å². The Labute approximate surface area is 136 Å². The van der Waals surface area contributed by atoms with Crippen LogP contribution in [0.15, 0.2) is 30.3 Å². The molecule has 3 rings (SSSR count). The third-order valence-corrected chi connectivity index (χ3v) is 3.95. The molecule has 1 amide bonds. The molecule has 0 aliphatic heterocycles. The number of ether oxygens (including phenoxy) is 1. The van der Waals surface area contributed by atoms with Gasteiger partial charge >= 0.3 is 0 Å². The monoisotopic (exact) mass is 313 g/mol. The molecule has 1 saturated carbocycles. The molecule has 122 valence electrons. The van der Waals surface area contributed by atoms with Crippen LogP contribution in [0.1, 0.15) is 67.3 Å². The van der Waals surface area contributed by atoms with Gasteiger partial charge in [-0.3, -0.25) is 9.89 Å². The lowest BCUT2D eigenvalue weighted by Gasteiger charge is -2.15. The summed E-state index contributed by atoms with van der Waals surface area (Å²) in [6.45, 7) is 5.96. The predicted molar refractivity (Wildman–Crippen MR) is 88.6 cm³/mol. The van der Waals surface area contributed by atoms with Crippen molar-refractivity contribution < 1.29 is 9.53 Å². The van der Waals surface area contributed by atoms with E-state index in [1.165, 1.54) is 12.8 Å². The summed E-state index contributed by atoms with van der Waals surface area (Å²) in [6, 6.07) is 9.58. The number of nitrogens with zero attached hydrogens (tertiary/aromatic N) is 1. The van der Waals surface area contributed by atoms with Gasteiger partial charge in [0.2, 0.25) is 0 Å². The summed E-state index contributed by atoms with van der Waals surface area (Å²) in [5.74, 6) is 1.25. The molecule has 5 heteroatoms. The zero-order valence-electron chi connectivity index (χ0n) is 13.8. The topological polar surface area (TPSA) is 67.0 Å². The van der Waals surface area contributed by atoms with Crippen LogP contribution in [0.3, 0.4) is 0 Å². The molecule has 1 aliphatic rings. The molecular formula is C18H23N3O2. The molecular weight excluding hydrogens is 290 g/mol. The molecule has 2 N–H and O–H groups in total. The van der Waals surface area contributed by atoms with Crippen molar-refractivity contribution in [3.05, 3.63) is 47.3 Å². The number of H-pyrrole nitrogens is 1. The first-order valence-corrected chi connectivity index (χ1v) is 8.15. The van der Waals surface area contributed by atoms with Crippen molar-refractivity contribution in [2.24, 2.45) is 0 Å². The number of carbonyl (C=O) groups excluding carboxylic acids is 1. The third-order valence-electron chi connectivity index (χ3n) is 3.95. The second-order valence-electron chi connectivity index (χ2n) is 6.41. The quantitative estimate of drug-likeness (QED) is 0.857. The lowest BCUT2D eigenvalue weighted by atomic mass is 10.1. The average molecular weight is 313 g/mol. The van der Waals surface area contributed by atoms with Crippen LogP contribution < -0.4 is 10.1 Å². The molecule has 2 aromatic rings. The van der Waals surface area contributed by atoms with Crippen molar-refractivity contribution >= 4 is 5.91 Å². The summed E-state index contributed by atoms with van der Waals surface area (Å²) < 4.78 is 5.63.